The number of alkyl halides is 5. The Morgan fingerprint density at radius 1 is 1.09 bits per heavy atom. The summed E-state index contributed by atoms with van der Waals surface area (Å²) in [5.74, 6) is 1.27. The van der Waals surface area contributed by atoms with E-state index in [2.05, 4.69) is 20.1 Å². The average Bonchev–Trinajstić information content (AvgIpc) is 3.45. The van der Waals surface area contributed by atoms with Crippen LogP contribution in [-0.4, -0.2) is 57.3 Å². The molecule has 1 aliphatic carbocycles. The highest BCUT2D eigenvalue weighted by molar-refractivity contribution is 5.71. The van der Waals surface area contributed by atoms with Gasteiger partial charge in [0.2, 0.25) is 0 Å². The van der Waals surface area contributed by atoms with E-state index in [1.165, 1.54) is 12.4 Å². The molecular weight excluding hydrogens is 445 g/mol. The van der Waals surface area contributed by atoms with Crippen molar-refractivity contribution in [3.63, 3.8) is 0 Å². The molecule has 0 bridgehead atoms. The van der Waals surface area contributed by atoms with Crippen molar-refractivity contribution in [1.82, 2.24) is 24.7 Å². The Labute approximate surface area is 186 Å². The molecule has 0 spiro atoms. The van der Waals surface area contributed by atoms with E-state index in [1.54, 1.807) is 6.20 Å². The molecule has 3 aromatic rings. The van der Waals surface area contributed by atoms with Crippen LogP contribution in [0.25, 0.3) is 11.2 Å². The topological polar surface area (TPSA) is 63.0 Å². The van der Waals surface area contributed by atoms with Gasteiger partial charge in [0.1, 0.15) is 17.9 Å². The minimum absolute atomic E-state index is 0.181. The van der Waals surface area contributed by atoms with Gasteiger partial charge in [0.05, 0.1) is 29.8 Å². The number of aromatic nitrogens is 5. The van der Waals surface area contributed by atoms with Gasteiger partial charge in [-0.25, -0.2) is 23.4 Å². The van der Waals surface area contributed by atoms with E-state index in [-0.39, 0.29) is 6.04 Å². The third-order valence-corrected chi connectivity index (χ3v) is 6.69. The molecule has 1 aliphatic heterocycles. The largest absolute Gasteiger partial charge is 0.417 e. The van der Waals surface area contributed by atoms with E-state index in [4.69, 9.17) is 0 Å². The normalized spacial score (nSPS) is 23.0. The Kier molecular flexibility index (Phi) is 5.32. The Bertz CT molecular complexity index is 1130. The van der Waals surface area contributed by atoms with Crippen LogP contribution in [-0.2, 0) is 12.7 Å². The molecule has 12 heteroatoms. The van der Waals surface area contributed by atoms with Crippen molar-refractivity contribution in [2.24, 2.45) is 11.8 Å². The van der Waals surface area contributed by atoms with Gasteiger partial charge in [-0.15, -0.1) is 0 Å². The minimum atomic E-state index is -4.42. The highest BCUT2D eigenvalue weighted by atomic mass is 19.4. The summed E-state index contributed by atoms with van der Waals surface area (Å²) in [6, 6.07) is 1.34. The van der Waals surface area contributed by atoms with Crippen LogP contribution in [0.4, 0.5) is 33.5 Å². The van der Waals surface area contributed by atoms with Gasteiger partial charge < -0.3 is 9.80 Å². The van der Waals surface area contributed by atoms with Crippen LogP contribution in [0.1, 0.15) is 18.4 Å². The minimum Gasteiger partial charge on any atom is -0.370 e. The quantitative estimate of drug-likeness (QED) is 0.531. The molecule has 3 aromatic heterocycles. The predicted molar refractivity (Wildman–Crippen MR) is 111 cm³/mol. The maximum atomic E-state index is 13.0. The SMILES string of the molecule is CN(c1cnc2cnn(CC(F)F)c2n1)C1CC2CN(c3cncc(C(F)(F)F)c3)CC2C1. The molecule has 2 aliphatic rings. The van der Waals surface area contributed by atoms with E-state index in [1.807, 2.05) is 16.8 Å². The summed E-state index contributed by atoms with van der Waals surface area (Å²) in [4.78, 5) is 16.6. The first-order valence-corrected chi connectivity index (χ1v) is 10.7. The van der Waals surface area contributed by atoms with Crippen molar-refractivity contribution in [3.05, 3.63) is 36.4 Å². The van der Waals surface area contributed by atoms with Crippen LogP contribution >= 0.6 is 0 Å². The number of pyridine rings is 1. The molecule has 4 heterocycles. The fourth-order valence-corrected chi connectivity index (χ4v) is 5.01. The van der Waals surface area contributed by atoms with Crippen LogP contribution in [0.15, 0.2) is 30.9 Å². The van der Waals surface area contributed by atoms with Crippen molar-refractivity contribution in [3.8, 4) is 0 Å². The van der Waals surface area contributed by atoms with Crippen LogP contribution in [0.5, 0.6) is 0 Å². The van der Waals surface area contributed by atoms with Crippen molar-refractivity contribution in [2.45, 2.75) is 38.0 Å². The second-order valence-electron chi connectivity index (χ2n) is 8.75. The average molecular weight is 467 g/mol. The molecule has 2 fully saturated rings. The predicted octanol–water partition coefficient (Wildman–Crippen LogP) is 3.86. The summed E-state index contributed by atoms with van der Waals surface area (Å²) in [7, 11) is 1.91. The summed E-state index contributed by atoms with van der Waals surface area (Å²) in [5.41, 5.74) is 0.532. The first-order valence-electron chi connectivity index (χ1n) is 10.7. The van der Waals surface area contributed by atoms with Crippen molar-refractivity contribution < 1.29 is 22.0 Å². The molecule has 0 amide bonds. The molecule has 33 heavy (non-hydrogen) atoms. The van der Waals surface area contributed by atoms with Crippen LogP contribution in [0.3, 0.4) is 0 Å². The summed E-state index contributed by atoms with van der Waals surface area (Å²) in [5, 5.41) is 3.95. The Balaban J connectivity index is 1.27. The smallest absolute Gasteiger partial charge is 0.370 e. The Morgan fingerprint density at radius 3 is 2.48 bits per heavy atom. The number of halogens is 5. The van der Waals surface area contributed by atoms with E-state index in [9.17, 15) is 22.0 Å². The van der Waals surface area contributed by atoms with Gasteiger partial charge in [0.15, 0.2) is 5.65 Å². The summed E-state index contributed by atoms with van der Waals surface area (Å²) >= 11 is 0. The van der Waals surface area contributed by atoms with Gasteiger partial charge in [-0.3, -0.25) is 4.98 Å². The van der Waals surface area contributed by atoms with Crippen LogP contribution in [0, 0.1) is 11.8 Å². The van der Waals surface area contributed by atoms with E-state index >= 15 is 0 Å². The fourth-order valence-electron chi connectivity index (χ4n) is 5.01. The Morgan fingerprint density at radius 2 is 1.82 bits per heavy atom. The third-order valence-electron chi connectivity index (χ3n) is 6.69. The zero-order valence-corrected chi connectivity index (χ0v) is 17.8. The van der Waals surface area contributed by atoms with Gasteiger partial charge in [-0.2, -0.15) is 18.3 Å². The lowest BCUT2D eigenvalue weighted by Crippen LogP contribution is -2.32. The van der Waals surface area contributed by atoms with Crippen molar-refractivity contribution in [2.75, 3.05) is 29.9 Å². The number of fused-ring (bicyclic) bond motifs is 2. The zero-order chi connectivity index (χ0) is 23.3. The standard InChI is InChI=1S/C21H22F5N7/c1-31(19-8-28-17-7-29-33(11-18(22)23)20(17)30-19)15-2-12-9-32(10-13(12)3-15)16-4-14(5-27-6-16)21(24,25)26/h4-8,12-13,15,18H,2-3,9-11H2,1H3. The number of rotatable bonds is 5. The molecule has 1 saturated carbocycles. The van der Waals surface area contributed by atoms with Crippen LogP contribution in [0.2, 0.25) is 0 Å². The van der Waals surface area contributed by atoms with Crippen molar-refractivity contribution >= 4 is 22.7 Å². The molecule has 0 radical (unpaired) electrons. The molecule has 2 unspecified atom stereocenters. The number of anilines is 2. The van der Waals surface area contributed by atoms with Gasteiger partial charge >= 0.3 is 6.18 Å². The lowest BCUT2D eigenvalue weighted by molar-refractivity contribution is -0.137. The van der Waals surface area contributed by atoms with E-state index < -0.39 is 24.7 Å². The second kappa shape index (κ2) is 8.07. The lowest BCUT2D eigenvalue weighted by Gasteiger charge is -2.28. The maximum Gasteiger partial charge on any atom is 0.417 e. The molecular formula is C21H22F5N7. The van der Waals surface area contributed by atoms with Crippen molar-refractivity contribution in [1.29, 1.82) is 0 Å². The number of hydrogen-bond donors (Lipinski definition) is 0. The molecule has 176 valence electrons. The molecule has 1 saturated heterocycles. The molecule has 0 N–H and O–H groups in total. The molecule has 7 nitrogen and oxygen atoms in total. The van der Waals surface area contributed by atoms with Crippen LogP contribution < -0.4 is 9.80 Å². The summed E-state index contributed by atoms with van der Waals surface area (Å²) in [6.45, 7) is 0.799. The van der Waals surface area contributed by atoms with Gasteiger partial charge in [0.25, 0.3) is 6.43 Å². The first kappa shape index (κ1) is 21.8. The van der Waals surface area contributed by atoms with E-state index in [0.29, 0.717) is 47.6 Å². The first-order chi connectivity index (χ1) is 15.7. The van der Waals surface area contributed by atoms with Gasteiger partial charge in [0, 0.05) is 32.4 Å². The Hall–Kier alpha value is -3.05. The molecule has 5 rings (SSSR count). The second-order valence-corrected chi connectivity index (χ2v) is 8.75. The third kappa shape index (κ3) is 4.18. The monoisotopic (exact) mass is 467 g/mol. The highest BCUT2D eigenvalue weighted by Crippen LogP contribution is 2.42. The van der Waals surface area contributed by atoms with Gasteiger partial charge in [-0.05, 0) is 30.7 Å². The van der Waals surface area contributed by atoms with Gasteiger partial charge in [-0.1, -0.05) is 0 Å². The summed E-state index contributed by atoms with van der Waals surface area (Å²) in [6.07, 6.45) is 0.126. The number of nitrogens with zero attached hydrogens (tertiary/aromatic N) is 7. The zero-order valence-electron chi connectivity index (χ0n) is 17.8. The summed E-state index contributed by atoms with van der Waals surface area (Å²) < 4.78 is 65.9. The number of hydrogen-bond acceptors (Lipinski definition) is 6. The fraction of sp³-hybridized carbons (Fsp3) is 0.524. The molecule has 0 aromatic carbocycles. The van der Waals surface area contributed by atoms with E-state index in [0.717, 1.165) is 29.8 Å². The molecule has 2 atom stereocenters. The highest BCUT2D eigenvalue weighted by Gasteiger charge is 2.43. The maximum absolute atomic E-state index is 13.0. The lowest BCUT2D eigenvalue weighted by atomic mass is 10.0.